The summed E-state index contributed by atoms with van der Waals surface area (Å²) in [4.78, 5) is 23.1. The van der Waals surface area contributed by atoms with Crippen molar-refractivity contribution < 1.29 is 19.1 Å². The molecule has 7 heteroatoms. The Bertz CT molecular complexity index is 561. The van der Waals surface area contributed by atoms with Crippen LogP contribution < -0.4 is 15.4 Å². The Balaban J connectivity index is 2.56. The zero-order valence-electron chi connectivity index (χ0n) is 13.9. The fraction of sp³-hybridized carbons (Fsp3) is 0.500. The van der Waals surface area contributed by atoms with Crippen LogP contribution in [0.4, 0.5) is 4.79 Å². The van der Waals surface area contributed by atoms with Gasteiger partial charge in [0, 0.05) is 18.7 Å². The minimum absolute atomic E-state index is 0.242. The number of ether oxygens (including phenoxy) is 2. The third-order valence-corrected chi connectivity index (χ3v) is 3.45. The molecule has 0 unspecified atom stereocenters. The summed E-state index contributed by atoms with van der Waals surface area (Å²) >= 11 is 6.19. The Morgan fingerprint density at radius 1 is 1.30 bits per heavy atom. The Morgan fingerprint density at radius 2 is 2.00 bits per heavy atom. The lowest BCUT2D eigenvalue weighted by Gasteiger charge is -2.14. The summed E-state index contributed by atoms with van der Waals surface area (Å²) in [7, 11) is 1.53. The number of aryl methyl sites for hydroxylation is 1. The second kappa shape index (κ2) is 9.37. The van der Waals surface area contributed by atoms with Crippen molar-refractivity contribution in [2.45, 2.75) is 26.7 Å². The summed E-state index contributed by atoms with van der Waals surface area (Å²) in [6.45, 7) is 6.34. The van der Waals surface area contributed by atoms with Gasteiger partial charge < -0.3 is 14.8 Å². The Labute approximate surface area is 141 Å². The maximum Gasteiger partial charge on any atom is 0.321 e. The van der Waals surface area contributed by atoms with Gasteiger partial charge in [-0.1, -0.05) is 25.4 Å². The van der Waals surface area contributed by atoms with Gasteiger partial charge in [0.2, 0.25) is 0 Å². The number of rotatable bonds is 7. The molecule has 1 aromatic carbocycles. The fourth-order valence-electron chi connectivity index (χ4n) is 1.88. The fourth-order valence-corrected chi connectivity index (χ4v) is 2.32. The van der Waals surface area contributed by atoms with Crippen molar-refractivity contribution in [2.75, 3.05) is 26.9 Å². The first-order valence-corrected chi connectivity index (χ1v) is 7.72. The smallest absolute Gasteiger partial charge is 0.321 e. The summed E-state index contributed by atoms with van der Waals surface area (Å²) < 4.78 is 10.3. The second-order valence-electron chi connectivity index (χ2n) is 5.38. The highest BCUT2D eigenvalue weighted by molar-refractivity contribution is 6.31. The number of carbonyl (C=O) groups excluding carboxylic acids is 2. The number of hydrogen-bond acceptors (Lipinski definition) is 4. The molecule has 0 fully saturated rings. The average molecular weight is 343 g/mol. The zero-order chi connectivity index (χ0) is 17.4. The summed E-state index contributed by atoms with van der Waals surface area (Å²) in [5.74, 6) is 0.291. The van der Waals surface area contributed by atoms with Gasteiger partial charge in [-0.05, 0) is 36.1 Å². The second-order valence-corrected chi connectivity index (χ2v) is 5.79. The molecule has 0 heterocycles. The Hall–Kier alpha value is -1.79. The molecule has 0 bridgehead atoms. The van der Waals surface area contributed by atoms with Gasteiger partial charge in [0.1, 0.15) is 5.75 Å². The van der Waals surface area contributed by atoms with Crippen molar-refractivity contribution in [1.82, 2.24) is 10.6 Å². The van der Waals surface area contributed by atoms with Gasteiger partial charge in [0.15, 0.2) is 6.61 Å². The molecule has 0 saturated heterocycles. The molecular weight excluding hydrogens is 320 g/mol. The maximum absolute atomic E-state index is 11.7. The Kier molecular flexibility index (Phi) is 7.85. The van der Waals surface area contributed by atoms with E-state index in [1.807, 2.05) is 32.9 Å². The molecule has 1 rings (SSSR count). The minimum atomic E-state index is -0.577. The first-order valence-electron chi connectivity index (χ1n) is 7.34. The molecular formula is C16H23ClN2O4. The van der Waals surface area contributed by atoms with Crippen LogP contribution in [0.25, 0.3) is 0 Å². The number of hydrogen-bond donors (Lipinski definition) is 2. The third kappa shape index (κ3) is 6.46. The van der Waals surface area contributed by atoms with Gasteiger partial charge in [0.05, 0.1) is 6.61 Å². The van der Waals surface area contributed by atoms with Crippen LogP contribution in [0.15, 0.2) is 12.1 Å². The maximum atomic E-state index is 11.7. The molecule has 128 valence electrons. The van der Waals surface area contributed by atoms with E-state index in [0.29, 0.717) is 23.9 Å². The van der Waals surface area contributed by atoms with E-state index < -0.39 is 11.9 Å². The molecule has 0 atom stereocenters. The summed E-state index contributed by atoms with van der Waals surface area (Å²) in [5.41, 5.74) is 1.78. The molecule has 0 radical (unpaired) electrons. The van der Waals surface area contributed by atoms with Crippen molar-refractivity contribution >= 4 is 23.5 Å². The molecule has 3 amide bonds. The van der Waals surface area contributed by atoms with Crippen LogP contribution in [-0.4, -0.2) is 38.8 Å². The van der Waals surface area contributed by atoms with E-state index in [9.17, 15) is 9.59 Å². The monoisotopic (exact) mass is 342 g/mol. The highest BCUT2D eigenvalue weighted by Crippen LogP contribution is 2.31. The number of carbonyl (C=O) groups is 2. The van der Waals surface area contributed by atoms with Gasteiger partial charge in [-0.2, -0.15) is 0 Å². The quantitative estimate of drug-likeness (QED) is 0.747. The number of benzene rings is 1. The van der Waals surface area contributed by atoms with E-state index >= 15 is 0 Å². The minimum Gasteiger partial charge on any atom is -0.483 e. The molecule has 0 aromatic heterocycles. The van der Waals surface area contributed by atoms with Crippen LogP contribution in [0.5, 0.6) is 5.75 Å². The number of urea groups is 1. The molecule has 0 aliphatic heterocycles. The van der Waals surface area contributed by atoms with Crippen molar-refractivity contribution in [3.8, 4) is 5.75 Å². The van der Waals surface area contributed by atoms with E-state index in [0.717, 1.165) is 11.1 Å². The van der Waals surface area contributed by atoms with Crippen molar-refractivity contribution in [3.05, 3.63) is 28.3 Å². The predicted octanol–water partition coefficient (Wildman–Crippen LogP) is 2.62. The van der Waals surface area contributed by atoms with E-state index in [2.05, 4.69) is 10.6 Å². The van der Waals surface area contributed by atoms with Gasteiger partial charge in [-0.15, -0.1) is 0 Å². The average Bonchev–Trinajstić information content (AvgIpc) is 2.46. The molecule has 0 aliphatic rings. The molecule has 6 nitrogen and oxygen atoms in total. The summed E-state index contributed by atoms with van der Waals surface area (Å²) in [6.07, 6.45) is 0. The van der Waals surface area contributed by atoms with Crippen LogP contribution >= 0.6 is 11.6 Å². The van der Waals surface area contributed by atoms with Crippen molar-refractivity contribution in [3.63, 3.8) is 0 Å². The first kappa shape index (κ1) is 19.3. The summed E-state index contributed by atoms with van der Waals surface area (Å²) in [6, 6.07) is 3.06. The number of amides is 3. The number of methoxy groups -OCH3 is 1. The lowest BCUT2D eigenvalue weighted by atomic mass is 10.0. The predicted molar refractivity (Wildman–Crippen MR) is 89.2 cm³/mol. The normalized spacial score (nSPS) is 10.5. The molecule has 0 aliphatic carbocycles. The largest absolute Gasteiger partial charge is 0.483 e. The van der Waals surface area contributed by atoms with Crippen LogP contribution in [0.3, 0.4) is 0 Å². The molecule has 0 spiro atoms. The highest BCUT2D eigenvalue weighted by atomic mass is 35.5. The van der Waals surface area contributed by atoms with E-state index in [4.69, 9.17) is 21.1 Å². The van der Waals surface area contributed by atoms with Crippen LogP contribution in [-0.2, 0) is 9.53 Å². The standard InChI is InChI=1S/C16H23ClN2O4/c1-10(2)12-8-14(11(3)7-13(12)17)23-9-15(20)19-16(21)18-5-6-22-4/h7-8,10H,5-6,9H2,1-4H3,(H2,18,19,20,21). The Morgan fingerprint density at radius 3 is 2.61 bits per heavy atom. The first-order chi connectivity index (χ1) is 10.8. The van der Waals surface area contributed by atoms with Crippen LogP contribution in [0.1, 0.15) is 30.9 Å². The number of halogens is 1. The topological polar surface area (TPSA) is 76.7 Å². The number of imide groups is 1. The lowest BCUT2D eigenvalue weighted by molar-refractivity contribution is -0.122. The van der Waals surface area contributed by atoms with E-state index in [-0.39, 0.29) is 12.5 Å². The summed E-state index contributed by atoms with van der Waals surface area (Å²) in [5, 5.41) is 5.34. The SMILES string of the molecule is COCCNC(=O)NC(=O)COc1cc(C(C)C)c(Cl)cc1C. The van der Waals surface area contributed by atoms with Crippen LogP contribution in [0.2, 0.25) is 5.02 Å². The molecule has 1 aromatic rings. The zero-order valence-corrected chi connectivity index (χ0v) is 14.6. The van der Waals surface area contributed by atoms with Gasteiger partial charge in [0.25, 0.3) is 5.91 Å². The van der Waals surface area contributed by atoms with Crippen LogP contribution in [0, 0.1) is 6.92 Å². The highest BCUT2D eigenvalue weighted by Gasteiger charge is 2.12. The van der Waals surface area contributed by atoms with E-state index in [1.54, 1.807) is 0 Å². The molecule has 23 heavy (non-hydrogen) atoms. The van der Waals surface area contributed by atoms with Gasteiger partial charge >= 0.3 is 6.03 Å². The van der Waals surface area contributed by atoms with Crippen molar-refractivity contribution in [2.24, 2.45) is 0 Å². The van der Waals surface area contributed by atoms with Crippen molar-refractivity contribution in [1.29, 1.82) is 0 Å². The number of nitrogens with one attached hydrogen (secondary N) is 2. The van der Waals surface area contributed by atoms with Gasteiger partial charge in [-0.3, -0.25) is 10.1 Å². The third-order valence-electron chi connectivity index (χ3n) is 3.12. The molecule has 0 saturated carbocycles. The molecule has 2 N–H and O–H groups in total. The van der Waals surface area contributed by atoms with Gasteiger partial charge in [-0.25, -0.2) is 4.79 Å². The van der Waals surface area contributed by atoms with E-state index in [1.165, 1.54) is 7.11 Å². The lowest BCUT2D eigenvalue weighted by Crippen LogP contribution is -2.42.